The lowest BCUT2D eigenvalue weighted by molar-refractivity contribution is -0.136. The summed E-state index contributed by atoms with van der Waals surface area (Å²) in [5.74, 6) is 1.53. The minimum atomic E-state index is -0.601. The molecule has 4 amide bonds. The molecule has 1 aliphatic carbocycles. The number of fused-ring (bicyclic) bond motifs is 2. The molecule has 1 unspecified atom stereocenters. The number of ether oxygens (including phenoxy) is 1. The van der Waals surface area contributed by atoms with Crippen LogP contribution >= 0.6 is 11.6 Å². The van der Waals surface area contributed by atoms with E-state index < -0.39 is 6.04 Å². The number of carbonyl (C=O) groups is 4. The van der Waals surface area contributed by atoms with E-state index in [2.05, 4.69) is 38.2 Å². The molecule has 3 saturated heterocycles. The summed E-state index contributed by atoms with van der Waals surface area (Å²) < 4.78 is 6.18. The summed E-state index contributed by atoms with van der Waals surface area (Å²) in [4.78, 5) is 66.5. The first-order valence-electron chi connectivity index (χ1n) is 20.4. The van der Waals surface area contributed by atoms with Crippen LogP contribution in [0, 0.1) is 17.2 Å². The highest BCUT2D eigenvalue weighted by Gasteiger charge is 2.40. The molecule has 1 N–H and O–H groups in total. The predicted octanol–water partition coefficient (Wildman–Crippen LogP) is 4.75. The first-order valence-corrected chi connectivity index (χ1v) is 20.7. The quantitative estimate of drug-likeness (QED) is 0.318. The lowest BCUT2D eigenvalue weighted by atomic mass is 9.92. The minimum absolute atomic E-state index is 0.0543. The molecular formula is C43H47ClN8O5. The van der Waals surface area contributed by atoms with Crippen LogP contribution in [-0.4, -0.2) is 107 Å². The standard InChI is InChI=1S/C43H47ClN8O5/c44-37-21-34(5-1-28(37)22-45)57-33-6-2-31(3-7-33)51-25-30-20-39(46-23-36(30)43(51)56)50-13-11-27(12-14-50)24-48-15-17-49(18-16-48)32-4-8-35-29(19-32)26-52(42(35)55)38-9-10-40(53)47-41(38)54/h1,4-5,8,19-21,23,27,31,33,38H,2-3,6-7,9-18,24-26H2,(H,47,53,54)/t31-,33-,38?. The van der Waals surface area contributed by atoms with Crippen molar-refractivity contribution in [2.75, 3.05) is 55.6 Å². The Morgan fingerprint density at radius 3 is 2.26 bits per heavy atom. The number of rotatable bonds is 8. The van der Waals surface area contributed by atoms with Crippen LogP contribution < -0.4 is 19.9 Å². The van der Waals surface area contributed by atoms with E-state index >= 15 is 0 Å². The van der Waals surface area contributed by atoms with Crippen LogP contribution in [0.4, 0.5) is 11.5 Å². The van der Waals surface area contributed by atoms with Gasteiger partial charge in [0.25, 0.3) is 11.8 Å². The fourth-order valence-corrected chi connectivity index (χ4v) is 9.88. The van der Waals surface area contributed by atoms with Crippen LogP contribution in [0.25, 0.3) is 0 Å². The summed E-state index contributed by atoms with van der Waals surface area (Å²) in [6.07, 6.45) is 8.12. The molecule has 14 heteroatoms. The maximum atomic E-state index is 13.5. The first-order chi connectivity index (χ1) is 27.7. The Kier molecular flexibility index (Phi) is 10.3. The number of hydrogen-bond acceptors (Lipinski definition) is 10. The van der Waals surface area contributed by atoms with Crippen LogP contribution in [0.2, 0.25) is 5.02 Å². The maximum Gasteiger partial charge on any atom is 0.256 e. The van der Waals surface area contributed by atoms with Gasteiger partial charge in [0.05, 0.1) is 22.3 Å². The van der Waals surface area contributed by atoms with Crippen molar-refractivity contribution >= 4 is 46.7 Å². The second kappa shape index (κ2) is 15.6. The molecule has 0 bridgehead atoms. The average molecular weight is 791 g/mol. The van der Waals surface area contributed by atoms with E-state index in [0.29, 0.717) is 47.3 Å². The van der Waals surface area contributed by atoms with E-state index in [0.717, 1.165) is 113 Å². The molecular weight excluding hydrogens is 744 g/mol. The number of halogens is 1. The zero-order valence-electron chi connectivity index (χ0n) is 32.0. The minimum Gasteiger partial charge on any atom is -0.490 e. The average Bonchev–Trinajstić information content (AvgIpc) is 3.73. The second-order valence-corrected chi connectivity index (χ2v) is 16.8. The Labute approximate surface area is 337 Å². The molecule has 0 spiro atoms. The number of nitriles is 1. The molecule has 4 fully saturated rings. The predicted molar refractivity (Wildman–Crippen MR) is 213 cm³/mol. The van der Waals surface area contributed by atoms with Crippen molar-refractivity contribution in [1.82, 2.24) is 25.0 Å². The van der Waals surface area contributed by atoms with Gasteiger partial charge in [0.15, 0.2) is 0 Å². The molecule has 1 aromatic heterocycles. The SMILES string of the molecule is N#Cc1ccc(O[C@H]2CC[C@H](N3Cc4cc(N5CCC(CN6CCN(c7ccc8c(c7)CN(C7CCC(=O)NC7=O)C8=O)CC6)CC5)ncc4C3=O)CC2)cc1Cl. The normalized spacial score (nSPS) is 24.4. The van der Waals surface area contributed by atoms with Crippen molar-refractivity contribution in [1.29, 1.82) is 5.26 Å². The van der Waals surface area contributed by atoms with Crippen LogP contribution in [0.15, 0.2) is 48.7 Å². The van der Waals surface area contributed by atoms with Crippen molar-refractivity contribution < 1.29 is 23.9 Å². The molecule has 6 aliphatic rings. The van der Waals surface area contributed by atoms with Crippen molar-refractivity contribution in [2.45, 2.75) is 82.6 Å². The smallest absolute Gasteiger partial charge is 0.256 e. The largest absolute Gasteiger partial charge is 0.490 e. The van der Waals surface area contributed by atoms with Gasteiger partial charge in [-0.3, -0.25) is 29.4 Å². The number of anilines is 2. The number of amides is 4. The fraction of sp³-hybridized carbons (Fsp3) is 0.488. The summed E-state index contributed by atoms with van der Waals surface area (Å²) in [5.41, 5.74) is 4.92. The highest BCUT2D eigenvalue weighted by molar-refractivity contribution is 6.31. The molecule has 0 radical (unpaired) electrons. The number of imide groups is 1. The summed E-state index contributed by atoms with van der Waals surface area (Å²) >= 11 is 6.20. The number of hydrogen-bond donors (Lipinski definition) is 1. The van der Waals surface area contributed by atoms with Crippen LogP contribution in [0.3, 0.4) is 0 Å². The number of carbonyl (C=O) groups excluding carboxylic acids is 4. The summed E-state index contributed by atoms with van der Waals surface area (Å²) in [6.45, 7) is 7.79. The molecule has 5 aliphatic heterocycles. The Bertz CT molecular complexity index is 2130. The third-order valence-electron chi connectivity index (χ3n) is 13.0. The van der Waals surface area contributed by atoms with Gasteiger partial charge in [-0.15, -0.1) is 0 Å². The number of piperidine rings is 2. The molecule has 57 heavy (non-hydrogen) atoms. The Morgan fingerprint density at radius 1 is 0.789 bits per heavy atom. The molecule has 3 aromatic rings. The molecule has 13 nitrogen and oxygen atoms in total. The topological polar surface area (TPSA) is 142 Å². The highest BCUT2D eigenvalue weighted by Crippen LogP contribution is 2.35. The van der Waals surface area contributed by atoms with E-state index in [1.807, 2.05) is 17.0 Å². The number of benzene rings is 2. The van der Waals surface area contributed by atoms with Crippen LogP contribution in [-0.2, 0) is 22.7 Å². The maximum absolute atomic E-state index is 13.5. The van der Waals surface area contributed by atoms with Crippen molar-refractivity contribution in [2.24, 2.45) is 5.92 Å². The fourth-order valence-electron chi connectivity index (χ4n) is 9.67. The van der Waals surface area contributed by atoms with Gasteiger partial charge >= 0.3 is 0 Å². The van der Waals surface area contributed by atoms with Gasteiger partial charge in [0, 0.05) is 94.9 Å². The monoisotopic (exact) mass is 790 g/mol. The van der Waals surface area contributed by atoms with Gasteiger partial charge in [0.1, 0.15) is 23.7 Å². The van der Waals surface area contributed by atoms with Crippen molar-refractivity contribution in [3.05, 3.63) is 81.5 Å². The van der Waals surface area contributed by atoms with E-state index in [-0.39, 0.29) is 42.2 Å². The summed E-state index contributed by atoms with van der Waals surface area (Å²) in [6, 6.07) is 15.0. The lowest BCUT2D eigenvalue weighted by Crippen LogP contribution is -2.52. The van der Waals surface area contributed by atoms with Gasteiger partial charge in [-0.1, -0.05) is 11.6 Å². The Hall–Kier alpha value is -5.19. The van der Waals surface area contributed by atoms with Crippen molar-refractivity contribution in [3.8, 4) is 11.8 Å². The first kappa shape index (κ1) is 37.4. The Morgan fingerprint density at radius 2 is 1.53 bits per heavy atom. The summed E-state index contributed by atoms with van der Waals surface area (Å²) in [5, 5.41) is 11.9. The molecule has 2 aromatic carbocycles. The van der Waals surface area contributed by atoms with Gasteiger partial charge in [-0.2, -0.15) is 5.26 Å². The zero-order valence-corrected chi connectivity index (χ0v) is 32.8. The van der Waals surface area contributed by atoms with E-state index in [9.17, 15) is 19.2 Å². The Balaban J connectivity index is 0.722. The molecule has 6 heterocycles. The van der Waals surface area contributed by atoms with Gasteiger partial charge < -0.3 is 24.3 Å². The van der Waals surface area contributed by atoms with E-state index in [1.54, 1.807) is 29.3 Å². The zero-order chi connectivity index (χ0) is 39.2. The molecule has 1 atom stereocenters. The third kappa shape index (κ3) is 7.53. The molecule has 296 valence electrons. The van der Waals surface area contributed by atoms with Gasteiger partial charge in [0.2, 0.25) is 11.8 Å². The second-order valence-electron chi connectivity index (χ2n) is 16.4. The van der Waals surface area contributed by atoms with Crippen LogP contribution in [0.1, 0.15) is 88.8 Å². The van der Waals surface area contributed by atoms with Gasteiger partial charge in [-0.05, 0) is 98.4 Å². The highest BCUT2D eigenvalue weighted by atomic mass is 35.5. The number of nitrogens with zero attached hydrogens (tertiary/aromatic N) is 7. The van der Waals surface area contributed by atoms with E-state index in [1.165, 1.54) is 0 Å². The lowest BCUT2D eigenvalue weighted by Gasteiger charge is -2.40. The van der Waals surface area contributed by atoms with Crippen LogP contribution in [0.5, 0.6) is 5.75 Å². The number of piperazine rings is 1. The number of nitrogens with one attached hydrogen (secondary N) is 1. The van der Waals surface area contributed by atoms with Gasteiger partial charge in [-0.25, -0.2) is 4.98 Å². The number of aromatic nitrogens is 1. The third-order valence-corrected chi connectivity index (χ3v) is 13.3. The van der Waals surface area contributed by atoms with Crippen molar-refractivity contribution in [3.63, 3.8) is 0 Å². The number of pyridine rings is 1. The molecule has 9 rings (SSSR count). The van der Waals surface area contributed by atoms with E-state index in [4.69, 9.17) is 26.6 Å². The summed E-state index contributed by atoms with van der Waals surface area (Å²) in [7, 11) is 0. The molecule has 1 saturated carbocycles.